The minimum atomic E-state index is -0.252. The van der Waals surface area contributed by atoms with Crippen LogP contribution in [0.15, 0.2) is 27.7 Å². The largest absolute Gasteiger partial charge is 0.381 e. The fourth-order valence-electron chi connectivity index (χ4n) is 2.71. The molecule has 1 aliphatic heterocycles. The third-order valence-corrected chi connectivity index (χ3v) is 4.99. The molecule has 154 valence electrons. The van der Waals surface area contributed by atoms with Crippen LogP contribution in [0.4, 0.5) is 4.39 Å². The Labute approximate surface area is 187 Å². The first-order valence-electron chi connectivity index (χ1n) is 9.30. The van der Waals surface area contributed by atoms with E-state index in [1.165, 1.54) is 12.1 Å². The average molecular weight is 558 g/mol. The van der Waals surface area contributed by atoms with Crippen molar-refractivity contribution < 1.29 is 13.9 Å². The molecule has 5 nitrogen and oxygen atoms in total. The number of rotatable bonds is 9. The summed E-state index contributed by atoms with van der Waals surface area (Å²) in [5, 5.41) is 6.50. The molecular formula is C19H30BrFIN3O2. The normalized spacial score (nSPS) is 15.3. The first-order chi connectivity index (χ1) is 12.7. The van der Waals surface area contributed by atoms with E-state index in [1.54, 1.807) is 6.07 Å². The van der Waals surface area contributed by atoms with Crippen molar-refractivity contribution in [2.75, 3.05) is 39.5 Å². The van der Waals surface area contributed by atoms with Gasteiger partial charge in [0.05, 0.1) is 6.54 Å². The van der Waals surface area contributed by atoms with Gasteiger partial charge >= 0.3 is 0 Å². The Bertz CT molecular complexity index is 572. The minimum Gasteiger partial charge on any atom is -0.381 e. The molecule has 0 unspecified atom stereocenters. The van der Waals surface area contributed by atoms with Crippen molar-refractivity contribution >= 4 is 45.9 Å². The van der Waals surface area contributed by atoms with E-state index >= 15 is 0 Å². The highest BCUT2D eigenvalue weighted by atomic mass is 127. The van der Waals surface area contributed by atoms with E-state index in [4.69, 9.17) is 9.47 Å². The monoisotopic (exact) mass is 557 g/mol. The predicted molar refractivity (Wildman–Crippen MR) is 121 cm³/mol. The predicted octanol–water partition coefficient (Wildman–Crippen LogP) is 4.09. The summed E-state index contributed by atoms with van der Waals surface area (Å²) in [5.74, 6) is 1.12. The molecule has 1 heterocycles. The molecule has 0 spiro atoms. The Morgan fingerprint density at radius 2 is 2.11 bits per heavy atom. The average Bonchev–Trinajstić information content (AvgIpc) is 2.65. The summed E-state index contributed by atoms with van der Waals surface area (Å²) < 4.78 is 25.3. The highest BCUT2D eigenvalue weighted by molar-refractivity contribution is 14.0. The van der Waals surface area contributed by atoms with Crippen LogP contribution < -0.4 is 10.6 Å². The summed E-state index contributed by atoms with van der Waals surface area (Å²) in [6.45, 7) is 7.27. The van der Waals surface area contributed by atoms with Crippen molar-refractivity contribution in [3.05, 3.63) is 34.1 Å². The molecule has 1 aromatic rings. The van der Waals surface area contributed by atoms with Crippen LogP contribution in [-0.2, 0) is 16.0 Å². The van der Waals surface area contributed by atoms with E-state index in [1.807, 2.05) is 6.92 Å². The number of halogens is 3. The van der Waals surface area contributed by atoms with Gasteiger partial charge in [-0.2, -0.15) is 0 Å². The van der Waals surface area contributed by atoms with Gasteiger partial charge in [-0.15, -0.1) is 24.0 Å². The van der Waals surface area contributed by atoms with Gasteiger partial charge in [0.1, 0.15) is 5.82 Å². The lowest BCUT2D eigenvalue weighted by atomic mass is 10.0. The number of benzene rings is 1. The molecule has 0 bridgehead atoms. The van der Waals surface area contributed by atoms with Crippen LogP contribution in [-0.4, -0.2) is 45.5 Å². The van der Waals surface area contributed by atoms with E-state index in [-0.39, 0.29) is 29.8 Å². The maximum absolute atomic E-state index is 13.4. The SMILES string of the molecule is CCNC(=NCc1cc(F)ccc1Br)NCCCOCC1CCOCC1.I. The van der Waals surface area contributed by atoms with Gasteiger partial charge in [-0.1, -0.05) is 15.9 Å². The number of nitrogens with one attached hydrogen (secondary N) is 2. The fraction of sp³-hybridized carbons (Fsp3) is 0.632. The molecule has 0 aromatic heterocycles. The summed E-state index contributed by atoms with van der Waals surface area (Å²) >= 11 is 3.43. The van der Waals surface area contributed by atoms with Crippen LogP contribution in [0.5, 0.6) is 0 Å². The molecule has 1 aromatic carbocycles. The van der Waals surface area contributed by atoms with Crippen LogP contribution in [0.1, 0.15) is 31.7 Å². The Balaban J connectivity index is 0.00000364. The summed E-state index contributed by atoms with van der Waals surface area (Å²) in [4.78, 5) is 4.52. The fourth-order valence-corrected chi connectivity index (χ4v) is 3.09. The highest BCUT2D eigenvalue weighted by Crippen LogP contribution is 2.18. The molecule has 8 heteroatoms. The van der Waals surface area contributed by atoms with Gasteiger partial charge in [-0.25, -0.2) is 9.38 Å². The molecule has 1 aliphatic rings. The second-order valence-corrected chi connectivity index (χ2v) is 7.20. The molecule has 1 saturated heterocycles. The van der Waals surface area contributed by atoms with Crippen LogP contribution in [0.25, 0.3) is 0 Å². The molecule has 0 aliphatic carbocycles. The number of hydrogen-bond donors (Lipinski definition) is 2. The Morgan fingerprint density at radius 3 is 2.85 bits per heavy atom. The lowest BCUT2D eigenvalue weighted by Gasteiger charge is -2.21. The second-order valence-electron chi connectivity index (χ2n) is 6.34. The number of guanidine groups is 1. The van der Waals surface area contributed by atoms with Crippen molar-refractivity contribution in [2.24, 2.45) is 10.9 Å². The first kappa shape index (κ1) is 24.6. The molecule has 2 rings (SSSR count). The molecule has 0 radical (unpaired) electrons. The van der Waals surface area contributed by atoms with Crippen molar-refractivity contribution in [3.8, 4) is 0 Å². The summed E-state index contributed by atoms with van der Waals surface area (Å²) in [6.07, 6.45) is 3.12. The quantitative estimate of drug-likeness (QED) is 0.208. The second kappa shape index (κ2) is 14.5. The van der Waals surface area contributed by atoms with Crippen molar-refractivity contribution in [3.63, 3.8) is 0 Å². The summed E-state index contributed by atoms with van der Waals surface area (Å²) in [7, 11) is 0. The minimum absolute atomic E-state index is 0. The Kier molecular flexibility index (Phi) is 13.2. The zero-order chi connectivity index (χ0) is 18.6. The zero-order valence-corrected chi connectivity index (χ0v) is 19.7. The van der Waals surface area contributed by atoms with E-state index in [2.05, 4.69) is 31.6 Å². The number of nitrogens with zero attached hydrogens (tertiary/aromatic N) is 1. The maximum Gasteiger partial charge on any atom is 0.191 e. The topological polar surface area (TPSA) is 54.9 Å². The van der Waals surface area contributed by atoms with Crippen molar-refractivity contribution in [2.45, 2.75) is 32.7 Å². The van der Waals surface area contributed by atoms with Crippen LogP contribution in [0.2, 0.25) is 0 Å². The first-order valence-corrected chi connectivity index (χ1v) is 10.1. The number of ether oxygens (including phenoxy) is 2. The lowest BCUT2D eigenvalue weighted by molar-refractivity contribution is 0.0203. The van der Waals surface area contributed by atoms with E-state index in [0.29, 0.717) is 12.5 Å². The third kappa shape index (κ3) is 10.0. The molecule has 0 amide bonds. The Morgan fingerprint density at radius 1 is 1.33 bits per heavy atom. The zero-order valence-electron chi connectivity index (χ0n) is 15.8. The molecular weight excluding hydrogens is 528 g/mol. The van der Waals surface area contributed by atoms with Crippen LogP contribution in [0.3, 0.4) is 0 Å². The highest BCUT2D eigenvalue weighted by Gasteiger charge is 2.13. The van der Waals surface area contributed by atoms with Gasteiger partial charge < -0.3 is 20.1 Å². The summed E-state index contributed by atoms with van der Waals surface area (Å²) in [5.41, 5.74) is 0.821. The van der Waals surface area contributed by atoms with Gasteiger partial charge in [0.15, 0.2) is 5.96 Å². The van der Waals surface area contributed by atoms with Gasteiger partial charge in [0, 0.05) is 44.0 Å². The van der Waals surface area contributed by atoms with Crippen LogP contribution in [0, 0.1) is 11.7 Å². The van der Waals surface area contributed by atoms with Crippen molar-refractivity contribution in [1.82, 2.24) is 10.6 Å². The molecule has 0 saturated carbocycles. The Hall–Kier alpha value is -0.450. The number of aliphatic imine (C=N–C) groups is 1. The number of hydrogen-bond acceptors (Lipinski definition) is 3. The molecule has 27 heavy (non-hydrogen) atoms. The van der Waals surface area contributed by atoms with Gasteiger partial charge in [-0.3, -0.25) is 0 Å². The maximum atomic E-state index is 13.4. The van der Waals surface area contributed by atoms with E-state index < -0.39 is 0 Å². The van der Waals surface area contributed by atoms with Crippen molar-refractivity contribution in [1.29, 1.82) is 0 Å². The van der Waals surface area contributed by atoms with Crippen LogP contribution >= 0.6 is 39.9 Å². The molecule has 2 N–H and O–H groups in total. The smallest absolute Gasteiger partial charge is 0.191 e. The van der Waals surface area contributed by atoms with E-state index in [9.17, 15) is 4.39 Å². The van der Waals surface area contributed by atoms with Gasteiger partial charge in [0.25, 0.3) is 0 Å². The molecule has 0 atom stereocenters. The standard InChI is InChI=1S/C19H29BrFN3O2.HI/c1-2-22-19(24-13-16-12-17(21)4-5-18(16)20)23-8-3-9-26-14-15-6-10-25-11-7-15;/h4-5,12,15H,2-3,6-11,13-14H2,1H3,(H2,22,23,24);1H. The summed E-state index contributed by atoms with van der Waals surface area (Å²) in [6, 6.07) is 4.64. The third-order valence-electron chi connectivity index (χ3n) is 4.21. The lowest BCUT2D eigenvalue weighted by Crippen LogP contribution is -2.38. The van der Waals surface area contributed by atoms with Gasteiger partial charge in [0.2, 0.25) is 0 Å². The van der Waals surface area contributed by atoms with E-state index in [0.717, 1.165) is 74.8 Å². The molecule has 1 fully saturated rings. The van der Waals surface area contributed by atoms with Gasteiger partial charge in [-0.05, 0) is 55.9 Å².